The predicted molar refractivity (Wildman–Crippen MR) is 148 cm³/mol. The zero-order chi connectivity index (χ0) is 27.5. The van der Waals surface area contributed by atoms with E-state index >= 15 is 0 Å². The fourth-order valence-electron chi connectivity index (χ4n) is 6.44. The number of carbonyl (C=O) groups is 1. The number of hydrogen-bond donors (Lipinski definition) is 1. The highest BCUT2D eigenvalue weighted by atomic mass is 16.6. The topological polar surface area (TPSA) is 83.5 Å². The van der Waals surface area contributed by atoms with Crippen molar-refractivity contribution in [3.05, 3.63) is 108 Å². The van der Waals surface area contributed by atoms with Gasteiger partial charge in [-0.15, -0.1) is 0 Å². The average molecular weight is 545 g/mol. The Morgan fingerprint density at radius 2 is 1.38 bits per heavy atom. The van der Waals surface area contributed by atoms with Crippen LogP contribution in [-0.2, 0) is 34.1 Å². The van der Waals surface area contributed by atoms with E-state index in [0.717, 1.165) is 23.1 Å². The van der Waals surface area contributed by atoms with E-state index < -0.39 is 23.9 Å². The number of rotatable bonds is 8. The van der Waals surface area contributed by atoms with Crippen molar-refractivity contribution in [2.45, 2.75) is 74.0 Å². The molecule has 3 aliphatic heterocycles. The molecule has 210 valence electrons. The van der Waals surface area contributed by atoms with Crippen LogP contribution < -0.4 is 0 Å². The summed E-state index contributed by atoms with van der Waals surface area (Å²) < 4.78 is 30.7. The van der Waals surface area contributed by atoms with Crippen LogP contribution in [0.3, 0.4) is 0 Å². The van der Waals surface area contributed by atoms with Gasteiger partial charge in [-0.05, 0) is 29.5 Å². The SMILES string of the molecule is COC(=O)C[C@@H]1CC[C@@H]2O[C@H]3[C@@H](O)[C@@H](COC(c4ccccc4)(c4ccccc4)c4ccccc4)O[C@H]3C[C@H]2O1. The third-order valence-electron chi connectivity index (χ3n) is 8.41. The Hall–Kier alpha value is -3.07. The molecule has 0 spiro atoms. The van der Waals surface area contributed by atoms with Gasteiger partial charge >= 0.3 is 5.97 Å². The third-order valence-corrected chi connectivity index (χ3v) is 8.41. The summed E-state index contributed by atoms with van der Waals surface area (Å²) in [5.41, 5.74) is 2.07. The molecule has 3 aromatic carbocycles. The second kappa shape index (κ2) is 11.8. The van der Waals surface area contributed by atoms with Crippen LogP contribution in [-0.4, -0.2) is 67.5 Å². The van der Waals surface area contributed by atoms with Crippen molar-refractivity contribution < 1.29 is 33.6 Å². The minimum absolute atomic E-state index is 0.134. The zero-order valence-electron chi connectivity index (χ0n) is 22.6. The van der Waals surface area contributed by atoms with E-state index in [1.165, 1.54) is 7.11 Å². The standard InChI is InChI=1S/C33H36O7/c1-36-30(34)19-25-17-18-26-27(38-25)20-28-32(40-26)31(35)29(39-28)21-37-33(22-11-5-2-6-12-22,23-13-7-3-8-14-23)24-15-9-4-10-16-24/h2-16,25-29,31-32,35H,17-21H2,1H3/t25-,26-,27+,28-,29+,31-,32+/m0/s1. The minimum atomic E-state index is -0.903. The predicted octanol–water partition coefficient (Wildman–Crippen LogP) is 4.39. The lowest BCUT2D eigenvalue weighted by Crippen LogP contribution is -2.53. The average Bonchev–Trinajstić information content (AvgIpc) is 3.31. The number of aliphatic hydroxyl groups is 1. The Balaban J connectivity index is 1.23. The van der Waals surface area contributed by atoms with Gasteiger partial charge in [-0.3, -0.25) is 4.79 Å². The van der Waals surface area contributed by atoms with E-state index in [4.69, 9.17) is 23.7 Å². The highest BCUT2D eigenvalue weighted by Gasteiger charge is 2.53. The first-order valence-electron chi connectivity index (χ1n) is 14.1. The molecular weight excluding hydrogens is 508 g/mol. The first kappa shape index (κ1) is 27.1. The van der Waals surface area contributed by atoms with Gasteiger partial charge in [0.25, 0.3) is 0 Å². The lowest BCUT2D eigenvalue weighted by Gasteiger charge is -2.43. The van der Waals surface area contributed by atoms with E-state index in [2.05, 4.69) is 36.4 Å². The monoisotopic (exact) mass is 544 g/mol. The van der Waals surface area contributed by atoms with Gasteiger partial charge in [-0.2, -0.15) is 0 Å². The van der Waals surface area contributed by atoms with Crippen LogP contribution in [0.15, 0.2) is 91.0 Å². The van der Waals surface area contributed by atoms with Crippen LogP contribution in [0.5, 0.6) is 0 Å². The molecule has 0 unspecified atom stereocenters. The third kappa shape index (κ3) is 5.20. The van der Waals surface area contributed by atoms with Crippen LogP contribution in [0, 0.1) is 0 Å². The lowest BCUT2D eigenvalue weighted by molar-refractivity contribution is -0.217. The normalized spacial score (nSPS) is 29.8. The van der Waals surface area contributed by atoms with E-state index in [9.17, 15) is 9.90 Å². The Kier molecular flexibility index (Phi) is 8.01. The molecule has 7 atom stereocenters. The maximum absolute atomic E-state index is 11.8. The second-order valence-electron chi connectivity index (χ2n) is 10.8. The fourth-order valence-corrected chi connectivity index (χ4v) is 6.44. The summed E-state index contributed by atoms with van der Waals surface area (Å²) >= 11 is 0. The summed E-state index contributed by atoms with van der Waals surface area (Å²) in [5, 5.41) is 11.4. The summed E-state index contributed by atoms with van der Waals surface area (Å²) in [5.74, 6) is -0.276. The summed E-state index contributed by atoms with van der Waals surface area (Å²) in [7, 11) is 1.39. The summed E-state index contributed by atoms with van der Waals surface area (Å²) in [6.07, 6.45) is -0.378. The maximum Gasteiger partial charge on any atom is 0.308 e. The van der Waals surface area contributed by atoms with Crippen molar-refractivity contribution in [3.63, 3.8) is 0 Å². The molecule has 3 aliphatic rings. The Labute approximate surface area is 235 Å². The van der Waals surface area contributed by atoms with Crippen LogP contribution in [0.1, 0.15) is 42.4 Å². The molecule has 0 bridgehead atoms. The largest absolute Gasteiger partial charge is 0.469 e. The number of aliphatic hydroxyl groups excluding tert-OH is 1. The smallest absolute Gasteiger partial charge is 0.308 e. The van der Waals surface area contributed by atoms with Gasteiger partial charge in [0.05, 0.1) is 44.6 Å². The fraction of sp³-hybridized carbons (Fsp3) is 0.424. The highest BCUT2D eigenvalue weighted by molar-refractivity contribution is 5.69. The van der Waals surface area contributed by atoms with Crippen LogP contribution >= 0.6 is 0 Å². The molecule has 3 fully saturated rings. The molecule has 6 rings (SSSR count). The summed E-state index contributed by atoms with van der Waals surface area (Å²) in [4.78, 5) is 11.8. The lowest BCUT2D eigenvalue weighted by atomic mass is 9.80. The maximum atomic E-state index is 11.8. The van der Waals surface area contributed by atoms with Gasteiger partial charge in [0.2, 0.25) is 0 Å². The zero-order valence-corrected chi connectivity index (χ0v) is 22.6. The summed E-state index contributed by atoms with van der Waals surface area (Å²) in [6.45, 7) is 0.164. The van der Waals surface area contributed by atoms with Crippen molar-refractivity contribution in [2.24, 2.45) is 0 Å². The molecule has 3 aromatic rings. The Bertz CT molecular complexity index is 1150. The van der Waals surface area contributed by atoms with Gasteiger partial charge in [-0.1, -0.05) is 91.0 Å². The van der Waals surface area contributed by atoms with E-state index in [1.54, 1.807) is 0 Å². The molecule has 1 N–H and O–H groups in total. The molecule has 0 saturated carbocycles. The first-order chi connectivity index (χ1) is 19.6. The van der Waals surface area contributed by atoms with Crippen molar-refractivity contribution in [1.29, 1.82) is 0 Å². The van der Waals surface area contributed by atoms with Crippen LogP contribution in [0.4, 0.5) is 0 Å². The quantitative estimate of drug-likeness (QED) is 0.333. The number of methoxy groups -OCH3 is 1. The number of hydrogen-bond acceptors (Lipinski definition) is 7. The van der Waals surface area contributed by atoms with E-state index in [0.29, 0.717) is 12.8 Å². The molecule has 0 aromatic heterocycles. The van der Waals surface area contributed by atoms with Gasteiger partial charge in [-0.25, -0.2) is 0 Å². The minimum Gasteiger partial charge on any atom is -0.469 e. The number of fused-ring (bicyclic) bond motifs is 2. The van der Waals surface area contributed by atoms with Gasteiger partial charge in [0.1, 0.15) is 23.9 Å². The van der Waals surface area contributed by atoms with Gasteiger partial charge in [0.15, 0.2) is 0 Å². The van der Waals surface area contributed by atoms with Crippen molar-refractivity contribution >= 4 is 5.97 Å². The van der Waals surface area contributed by atoms with Crippen LogP contribution in [0.2, 0.25) is 0 Å². The van der Waals surface area contributed by atoms with E-state index in [-0.39, 0.29) is 43.4 Å². The van der Waals surface area contributed by atoms with Crippen molar-refractivity contribution in [3.8, 4) is 0 Å². The number of esters is 1. The number of benzene rings is 3. The highest BCUT2D eigenvalue weighted by Crippen LogP contribution is 2.43. The second-order valence-corrected chi connectivity index (χ2v) is 10.8. The molecular formula is C33H36O7. The Morgan fingerprint density at radius 3 is 1.93 bits per heavy atom. The number of ether oxygens (including phenoxy) is 5. The molecule has 0 radical (unpaired) electrons. The van der Waals surface area contributed by atoms with Crippen molar-refractivity contribution in [1.82, 2.24) is 0 Å². The molecule has 7 heteroatoms. The molecule has 40 heavy (non-hydrogen) atoms. The molecule has 7 nitrogen and oxygen atoms in total. The number of carbonyl (C=O) groups excluding carboxylic acids is 1. The molecule has 3 heterocycles. The van der Waals surface area contributed by atoms with Gasteiger partial charge < -0.3 is 28.8 Å². The van der Waals surface area contributed by atoms with E-state index in [1.807, 2.05) is 54.6 Å². The summed E-state index contributed by atoms with van der Waals surface area (Å²) in [6, 6.07) is 30.5. The molecule has 3 saturated heterocycles. The molecule has 0 aliphatic carbocycles. The Morgan fingerprint density at radius 1 is 0.800 bits per heavy atom. The van der Waals surface area contributed by atoms with Crippen molar-refractivity contribution in [2.75, 3.05) is 13.7 Å². The first-order valence-corrected chi connectivity index (χ1v) is 14.1. The van der Waals surface area contributed by atoms with Crippen LogP contribution in [0.25, 0.3) is 0 Å². The molecule has 0 amide bonds. The van der Waals surface area contributed by atoms with Gasteiger partial charge in [0, 0.05) is 6.42 Å².